The molecule has 4 heteroatoms. The molecule has 0 saturated carbocycles. The lowest BCUT2D eigenvalue weighted by Crippen LogP contribution is -2.36. The summed E-state index contributed by atoms with van der Waals surface area (Å²) < 4.78 is 0. The number of anilines is 1. The van der Waals surface area contributed by atoms with Crippen molar-refractivity contribution in [1.29, 1.82) is 5.26 Å². The van der Waals surface area contributed by atoms with Crippen LogP contribution in [0.2, 0.25) is 5.02 Å². The normalized spacial score (nSPS) is 19.1. The van der Waals surface area contributed by atoms with Crippen molar-refractivity contribution in [2.24, 2.45) is 0 Å². The molecule has 1 aromatic rings. The van der Waals surface area contributed by atoms with Crippen molar-refractivity contribution in [3.05, 3.63) is 23.2 Å². The fourth-order valence-electron chi connectivity index (χ4n) is 1.89. The second-order valence-electron chi connectivity index (χ2n) is 3.88. The molecule has 1 aliphatic rings. The Balaban J connectivity index is 2.21. The summed E-state index contributed by atoms with van der Waals surface area (Å²) in [5.74, 6) is 1.05. The van der Waals surface area contributed by atoms with Crippen LogP contribution < -0.4 is 4.90 Å². The molecule has 1 heterocycles. The van der Waals surface area contributed by atoms with Gasteiger partial charge < -0.3 is 4.90 Å². The van der Waals surface area contributed by atoms with Gasteiger partial charge >= 0.3 is 0 Å². The lowest BCUT2D eigenvalue weighted by molar-refractivity contribution is 0.636. The van der Waals surface area contributed by atoms with Crippen molar-refractivity contribution in [3.8, 4) is 6.07 Å². The van der Waals surface area contributed by atoms with Crippen LogP contribution in [0.25, 0.3) is 0 Å². The van der Waals surface area contributed by atoms with Gasteiger partial charge in [-0.15, -0.1) is 11.8 Å². The average molecular weight is 253 g/mol. The van der Waals surface area contributed by atoms with Crippen LogP contribution in [0.4, 0.5) is 5.69 Å². The van der Waals surface area contributed by atoms with Gasteiger partial charge in [-0.1, -0.05) is 11.6 Å². The molecule has 16 heavy (non-hydrogen) atoms. The Morgan fingerprint density at radius 2 is 2.44 bits per heavy atom. The summed E-state index contributed by atoms with van der Waals surface area (Å²) in [7, 11) is 2.08. The lowest BCUT2D eigenvalue weighted by Gasteiger charge is -2.35. The largest absolute Gasteiger partial charge is 0.370 e. The molecule has 2 nitrogen and oxygen atoms in total. The fourth-order valence-corrected chi connectivity index (χ4v) is 3.33. The lowest BCUT2D eigenvalue weighted by atomic mass is 10.1. The van der Waals surface area contributed by atoms with Gasteiger partial charge in [0.25, 0.3) is 0 Å². The number of nitriles is 1. The van der Waals surface area contributed by atoms with Crippen LogP contribution in [-0.4, -0.2) is 18.8 Å². The maximum Gasteiger partial charge on any atom is 0.0622 e. The van der Waals surface area contributed by atoms with Crippen LogP contribution in [0, 0.1) is 11.3 Å². The molecule has 2 rings (SSSR count). The highest BCUT2D eigenvalue weighted by molar-refractivity contribution is 7.99. The number of nitrogens with zero attached hydrogens (tertiary/aromatic N) is 2. The standard InChI is InChI=1S/C12H13ClN2S/c1-15-10(3-2-6-14)8-16-12-5-4-9(13)7-11(12)15/h4-5,7,10H,2-3,8H2,1H3. The second kappa shape index (κ2) is 4.99. The Kier molecular flexibility index (Phi) is 3.63. The average Bonchev–Trinajstić information content (AvgIpc) is 2.29. The number of halogens is 1. The summed E-state index contributed by atoms with van der Waals surface area (Å²) >= 11 is 7.86. The highest BCUT2D eigenvalue weighted by Gasteiger charge is 2.23. The van der Waals surface area contributed by atoms with Crippen molar-refractivity contribution in [1.82, 2.24) is 0 Å². The Morgan fingerprint density at radius 3 is 3.19 bits per heavy atom. The van der Waals surface area contributed by atoms with Crippen molar-refractivity contribution >= 4 is 29.1 Å². The minimum atomic E-state index is 0.440. The van der Waals surface area contributed by atoms with E-state index in [1.807, 2.05) is 23.9 Å². The fraction of sp³-hybridized carbons (Fsp3) is 0.417. The summed E-state index contributed by atoms with van der Waals surface area (Å²) in [4.78, 5) is 3.52. The van der Waals surface area contributed by atoms with E-state index in [2.05, 4.69) is 24.1 Å². The highest BCUT2D eigenvalue weighted by Crippen LogP contribution is 2.39. The van der Waals surface area contributed by atoms with Gasteiger partial charge in [-0.25, -0.2) is 0 Å². The van der Waals surface area contributed by atoms with E-state index in [1.54, 1.807) is 0 Å². The molecule has 0 bridgehead atoms. The highest BCUT2D eigenvalue weighted by atomic mass is 35.5. The molecule has 0 spiro atoms. The predicted octanol–water partition coefficient (Wildman–Crippen LogP) is 3.55. The second-order valence-corrected chi connectivity index (χ2v) is 5.38. The van der Waals surface area contributed by atoms with E-state index < -0.39 is 0 Å². The minimum Gasteiger partial charge on any atom is -0.370 e. The van der Waals surface area contributed by atoms with Crippen LogP contribution in [-0.2, 0) is 0 Å². The summed E-state index contributed by atoms with van der Waals surface area (Å²) in [5, 5.41) is 9.40. The van der Waals surface area contributed by atoms with Gasteiger partial charge in [0.15, 0.2) is 0 Å². The number of rotatable bonds is 2. The first-order chi connectivity index (χ1) is 7.72. The molecule has 1 aromatic carbocycles. The first-order valence-electron chi connectivity index (χ1n) is 5.24. The number of fused-ring (bicyclic) bond motifs is 1. The molecule has 0 fully saturated rings. The Morgan fingerprint density at radius 1 is 1.62 bits per heavy atom. The van der Waals surface area contributed by atoms with E-state index in [0.717, 1.165) is 17.2 Å². The summed E-state index contributed by atoms with van der Waals surface area (Å²) in [6, 6.07) is 8.65. The number of hydrogen-bond acceptors (Lipinski definition) is 3. The minimum absolute atomic E-state index is 0.440. The molecule has 0 radical (unpaired) electrons. The van der Waals surface area contributed by atoms with Gasteiger partial charge in [0.1, 0.15) is 0 Å². The molecule has 1 aliphatic heterocycles. The number of thioether (sulfide) groups is 1. The van der Waals surface area contributed by atoms with Gasteiger partial charge in [-0.2, -0.15) is 5.26 Å². The van der Waals surface area contributed by atoms with Crippen molar-refractivity contribution < 1.29 is 0 Å². The van der Waals surface area contributed by atoms with Gasteiger partial charge in [-0.05, 0) is 24.6 Å². The molecule has 84 valence electrons. The Hall–Kier alpha value is -0.850. The molecule has 1 atom stereocenters. The Bertz CT molecular complexity index is 428. The van der Waals surface area contributed by atoms with Gasteiger partial charge in [0, 0.05) is 35.2 Å². The molecule has 0 aromatic heterocycles. The van der Waals surface area contributed by atoms with Crippen LogP contribution in [0.3, 0.4) is 0 Å². The van der Waals surface area contributed by atoms with Crippen LogP contribution in [0.5, 0.6) is 0 Å². The summed E-state index contributed by atoms with van der Waals surface area (Å²) in [6.45, 7) is 0. The third-order valence-electron chi connectivity index (χ3n) is 2.87. The van der Waals surface area contributed by atoms with Crippen molar-refractivity contribution in [2.75, 3.05) is 17.7 Å². The summed E-state index contributed by atoms with van der Waals surface area (Å²) in [5.41, 5.74) is 1.19. The van der Waals surface area contributed by atoms with Crippen molar-refractivity contribution in [2.45, 2.75) is 23.8 Å². The smallest absolute Gasteiger partial charge is 0.0622 e. The van der Waals surface area contributed by atoms with Gasteiger partial charge in [-0.3, -0.25) is 0 Å². The van der Waals surface area contributed by atoms with Crippen LogP contribution in [0.1, 0.15) is 12.8 Å². The van der Waals surface area contributed by atoms with E-state index in [9.17, 15) is 0 Å². The van der Waals surface area contributed by atoms with E-state index in [-0.39, 0.29) is 0 Å². The molecule has 0 N–H and O–H groups in total. The molecule has 1 unspecified atom stereocenters. The van der Waals surface area contributed by atoms with Crippen LogP contribution in [0.15, 0.2) is 23.1 Å². The first-order valence-corrected chi connectivity index (χ1v) is 6.61. The predicted molar refractivity (Wildman–Crippen MR) is 69.2 cm³/mol. The summed E-state index contributed by atoms with van der Waals surface area (Å²) in [6.07, 6.45) is 1.54. The first kappa shape index (κ1) is 11.6. The third-order valence-corrected chi connectivity index (χ3v) is 4.31. The van der Waals surface area contributed by atoms with Gasteiger partial charge in [0.2, 0.25) is 0 Å². The number of benzene rings is 1. The van der Waals surface area contributed by atoms with E-state index >= 15 is 0 Å². The monoisotopic (exact) mass is 252 g/mol. The van der Waals surface area contributed by atoms with Gasteiger partial charge in [0.05, 0.1) is 11.8 Å². The third kappa shape index (κ3) is 2.28. The zero-order valence-electron chi connectivity index (χ0n) is 9.11. The molecular formula is C12H13ClN2S. The molecule has 0 saturated heterocycles. The Labute approximate surface area is 105 Å². The zero-order valence-corrected chi connectivity index (χ0v) is 10.7. The van der Waals surface area contributed by atoms with Crippen LogP contribution >= 0.6 is 23.4 Å². The topological polar surface area (TPSA) is 27.0 Å². The zero-order chi connectivity index (χ0) is 11.5. The van der Waals surface area contributed by atoms with E-state index in [4.69, 9.17) is 16.9 Å². The molecule has 0 amide bonds. The SMILES string of the molecule is CN1c2cc(Cl)ccc2SCC1CCC#N. The molecule has 0 aliphatic carbocycles. The van der Waals surface area contributed by atoms with Crippen molar-refractivity contribution in [3.63, 3.8) is 0 Å². The number of hydrogen-bond donors (Lipinski definition) is 0. The quantitative estimate of drug-likeness (QED) is 0.805. The maximum atomic E-state index is 8.63. The maximum absolute atomic E-state index is 8.63. The molecular weight excluding hydrogens is 240 g/mol. The van der Waals surface area contributed by atoms with E-state index in [1.165, 1.54) is 10.6 Å². The van der Waals surface area contributed by atoms with E-state index in [0.29, 0.717) is 12.5 Å².